The molecular weight excluding hydrogens is 357 g/mol. The summed E-state index contributed by atoms with van der Waals surface area (Å²) in [5.41, 5.74) is 0.636. The number of hydrogen-bond donors (Lipinski definition) is 0. The van der Waals surface area contributed by atoms with Crippen molar-refractivity contribution < 1.29 is 14.3 Å². The molecule has 0 radical (unpaired) electrons. The van der Waals surface area contributed by atoms with Crippen LogP contribution < -0.4 is 0 Å². The Morgan fingerprint density at radius 3 is 2.79 bits per heavy atom. The molecule has 1 heterocycles. The molecule has 4 nitrogen and oxygen atoms in total. The predicted octanol–water partition coefficient (Wildman–Crippen LogP) is 2.17. The van der Waals surface area contributed by atoms with E-state index in [-0.39, 0.29) is 12.1 Å². The van der Waals surface area contributed by atoms with Crippen molar-refractivity contribution in [1.82, 2.24) is 4.90 Å². The molecule has 0 bridgehead atoms. The fourth-order valence-corrected chi connectivity index (χ4v) is 2.67. The monoisotopic (exact) mass is 375 g/mol. The van der Waals surface area contributed by atoms with E-state index >= 15 is 0 Å². The van der Waals surface area contributed by atoms with Crippen molar-refractivity contribution in [1.29, 1.82) is 0 Å². The first kappa shape index (κ1) is 14.7. The van der Waals surface area contributed by atoms with Gasteiger partial charge in [-0.1, -0.05) is 12.1 Å². The van der Waals surface area contributed by atoms with Crippen LogP contribution in [0.5, 0.6) is 0 Å². The summed E-state index contributed by atoms with van der Waals surface area (Å²) < 4.78 is 11.7. The van der Waals surface area contributed by atoms with Crippen LogP contribution in [-0.2, 0) is 9.47 Å². The Kier molecular flexibility index (Phi) is 5.59. The number of carbonyl (C=O) groups is 1. The maximum atomic E-state index is 12.0. The van der Waals surface area contributed by atoms with Crippen molar-refractivity contribution in [3.05, 3.63) is 33.4 Å². The molecule has 1 aromatic carbocycles. The van der Waals surface area contributed by atoms with Gasteiger partial charge in [-0.25, -0.2) is 4.79 Å². The summed E-state index contributed by atoms with van der Waals surface area (Å²) in [6, 6.07) is 7.47. The van der Waals surface area contributed by atoms with Gasteiger partial charge in [-0.2, -0.15) is 0 Å². The third-order valence-electron chi connectivity index (χ3n) is 3.02. The van der Waals surface area contributed by atoms with Crippen LogP contribution in [0.1, 0.15) is 17.3 Å². The molecule has 104 valence electrons. The number of carbonyl (C=O) groups excluding carboxylic acids is 1. The van der Waals surface area contributed by atoms with E-state index in [1.54, 1.807) is 6.07 Å². The van der Waals surface area contributed by atoms with Crippen molar-refractivity contribution in [3.8, 4) is 0 Å². The molecule has 1 fully saturated rings. The van der Waals surface area contributed by atoms with Crippen LogP contribution in [0.3, 0.4) is 0 Å². The lowest BCUT2D eigenvalue weighted by Crippen LogP contribution is -2.41. The molecule has 0 aliphatic carbocycles. The van der Waals surface area contributed by atoms with Gasteiger partial charge in [0.25, 0.3) is 0 Å². The molecule has 1 atom stereocenters. The number of rotatable bonds is 4. The summed E-state index contributed by atoms with van der Waals surface area (Å²) in [6.07, 6.45) is -0.110. The van der Waals surface area contributed by atoms with Crippen LogP contribution in [0.25, 0.3) is 0 Å². The Balaban J connectivity index is 1.86. The minimum atomic E-state index is -0.245. The van der Waals surface area contributed by atoms with E-state index in [0.717, 1.165) is 36.4 Å². The second kappa shape index (κ2) is 7.21. The van der Waals surface area contributed by atoms with Gasteiger partial charge in [0.2, 0.25) is 0 Å². The van der Waals surface area contributed by atoms with Gasteiger partial charge in [0.15, 0.2) is 0 Å². The molecule has 0 N–H and O–H groups in total. The summed E-state index contributed by atoms with van der Waals surface area (Å²) in [5, 5.41) is 0. The summed E-state index contributed by atoms with van der Waals surface area (Å²) >= 11 is 2.15. The molecule has 0 amide bonds. The molecule has 19 heavy (non-hydrogen) atoms. The molecule has 1 aliphatic heterocycles. The molecule has 1 saturated heterocycles. The molecule has 0 spiro atoms. The number of esters is 1. The molecule has 2 rings (SSSR count). The number of ether oxygens (including phenoxy) is 2. The highest BCUT2D eigenvalue weighted by Gasteiger charge is 2.18. The van der Waals surface area contributed by atoms with E-state index in [9.17, 15) is 4.79 Å². The van der Waals surface area contributed by atoms with Gasteiger partial charge in [-0.3, -0.25) is 4.90 Å². The fraction of sp³-hybridized carbons (Fsp3) is 0.500. The van der Waals surface area contributed by atoms with Crippen molar-refractivity contribution in [2.45, 2.75) is 13.0 Å². The first-order chi connectivity index (χ1) is 9.16. The molecule has 1 aliphatic rings. The Bertz CT molecular complexity index is 432. The maximum Gasteiger partial charge on any atom is 0.339 e. The highest BCUT2D eigenvalue weighted by Crippen LogP contribution is 2.14. The SMILES string of the molecule is CC(CN1CCOCC1)OC(=O)c1ccccc1I. The topological polar surface area (TPSA) is 38.8 Å². The van der Waals surface area contributed by atoms with Crippen LogP contribution in [0.15, 0.2) is 24.3 Å². The van der Waals surface area contributed by atoms with E-state index in [2.05, 4.69) is 27.5 Å². The van der Waals surface area contributed by atoms with Crippen LogP contribution in [0.2, 0.25) is 0 Å². The number of nitrogens with zero attached hydrogens (tertiary/aromatic N) is 1. The van der Waals surface area contributed by atoms with Gasteiger partial charge in [0, 0.05) is 23.2 Å². The normalized spacial score (nSPS) is 18.0. The summed E-state index contributed by atoms with van der Waals surface area (Å²) in [4.78, 5) is 14.3. The Morgan fingerprint density at radius 2 is 2.11 bits per heavy atom. The molecule has 0 aromatic heterocycles. The zero-order valence-corrected chi connectivity index (χ0v) is 13.1. The van der Waals surface area contributed by atoms with E-state index < -0.39 is 0 Å². The number of morpholine rings is 1. The lowest BCUT2D eigenvalue weighted by atomic mass is 10.2. The summed E-state index contributed by atoms with van der Waals surface area (Å²) in [5.74, 6) is -0.245. The Labute approximate surface area is 127 Å². The van der Waals surface area contributed by atoms with Gasteiger partial charge in [0.1, 0.15) is 6.10 Å². The van der Waals surface area contributed by atoms with Gasteiger partial charge in [-0.15, -0.1) is 0 Å². The summed E-state index contributed by atoms with van der Waals surface area (Å²) in [6.45, 7) is 6.03. The van der Waals surface area contributed by atoms with E-state index in [1.165, 1.54) is 0 Å². The van der Waals surface area contributed by atoms with Gasteiger partial charge in [-0.05, 0) is 41.6 Å². The van der Waals surface area contributed by atoms with Crippen molar-refractivity contribution in [2.24, 2.45) is 0 Å². The zero-order chi connectivity index (χ0) is 13.7. The first-order valence-corrected chi connectivity index (χ1v) is 7.50. The predicted molar refractivity (Wildman–Crippen MR) is 81.3 cm³/mol. The number of benzene rings is 1. The van der Waals surface area contributed by atoms with E-state index in [4.69, 9.17) is 9.47 Å². The van der Waals surface area contributed by atoms with Gasteiger partial charge >= 0.3 is 5.97 Å². The van der Waals surface area contributed by atoms with E-state index in [1.807, 2.05) is 25.1 Å². The molecule has 5 heteroatoms. The lowest BCUT2D eigenvalue weighted by Gasteiger charge is -2.28. The van der Waals surface area contributed by atoms with Crippen LogP contribution in [0.4, 0.5) is 0 Å². The highest BCUT2D eigenvalue weighted by molar-refractivity contribution is 14.1. The molecule has 1 aromatic rings. The van der Waals surface area contributed by atoms with Gasteiger partial charge < -0.3 is 9.47 Å². The summed E-state index contributed by atoms with van der Waals surface area (Å²) in [7, 11) is 0. The second-order valence-electron chi connectivity index (χ2n) is 4.61. The quantitative estimate of drug-likeness (QED) is 0.598. The van der Waals surface area contributed by atoms with Crippen LogP contribution >= 0.6 is 22.6 Å². The lowest BCUT2D eigenvalue weighted by molar-refractivity contribution is 0.000388. The molecule has 1 unspecified atom stereocenters. The minimum Gasteiger partial charge on any atom is -0.458 e. The number of halogens is 1. The van der Waals surface area contributed by atoms with Crippen molar-refractivity contribution >= 4 is 28.6 Å². The average Bonchev–Trinajstić information content (AvgIpc) is 2.40. The van der Waals surface area contributed by atoms with Gasteiger partial charge in [0.05, 0.1) is 18.8 Å². The fourth-order valence-electron chi connectivity index (χ4n) is 2.06. The van der Waals surface area contributed by atoms with E-state index in [0.29, 0.717) is 5.56 Å². The van der Waals surface area contributed by atoms with Crippen LogP contribution in [0, 0.1) is 3.57 Å². The highest BCUT2D eigenvalue weighted by atomic mass is 127. The zero-order valence-electron chi connectivity index (χ0n) is 11.0. The van der Waals surface area contributed by atoms with Crippen LogP contribution in [-0.4, -0.2) is 49.8 Å². The smallest absolute Gasteiger partial charge is 0.339 e. The Morgan fingerprint density at radius 1 is 1.42 bits per heavy atom. The second-order valence-corrected chi connectivity index (χ2v) is 5.77. The molecular formula is C14H18INO3. The van der Waals surface area contributed by atoms with Crippen molar-refractivity contribution in [2.75, 3.05) is 32.8 Å². The largest absolute Gasteiger partial charge is 0.458 e. The standard InChI is InChI=1S/C14H18INO3/c1-11(10-16-6-8-18-9-7-16)19-14(17)12-4-2-3-5-13(12)15/h2-5,11H,6-10H2,1H3. The average molecular weight is 375 g/mol. The minimum absolute atomic E-state index is 0.110. The third-order valence-corrected chi connectivity index (χ3v) is 3.96. The maximum absolute atomic E-state index is 12.0. The third kappa shape index (κ3) is 4.43. The molecule has 0 saturated carbocycles. The van der Waals surface area contributed by atoms with Crippen molar-refractivity contribution in [3.63, 3.8) is 0 Å². The number of hydrogen-bond acceptors (Lipinski definition) is 4. The first-order valence-electron chi connectivity index (χ1n) is 6.42. The Hall–Kier alpha value is -0.660.